The number of amides is 3. The molecular formula is C38H45N3O7. The topological polar surface area (TPSA) is 123 Å². The molecule has 0 saturated carbocycles. The van der Waals surface area contributed by atoms with Crippen LogP contribution in [0.1, 0.15) is 62.0 Å². The van der Waals surface area contributed by atoms with Gasteiger partial charge < -0.3 is 24.8 Å². The maximum absolute atomic E-state index is 14.0. The van der Waals surface area contributed by atoms with E-state index in [0.29, 0.717) is 6.42 Å². The first-order valence-electron chi connectivity index (χ1n) is 16.0. The Morgan fingerprint density at radius 1 is 0.896 bits per heavy atom. The zero-order chi connectivity index (χ0) is 34.7. The first-order valence-corrected chi connectivity index (χ1v) is 16.0. The smallest absolute Gasteiger partial charge is 0.417 e. The number of benzene rings is 3. The quantitative estimate of drug-likeness (QED) is 0.134. The van der Waals surface area contributed by atoms with Crippen LogP contribution >= 0.6 is 0 Å². The number of ether oxygens (including phenoxy) is 3. The summed E-state index contributed by atoms with van der Waals surface area (Å²) >= 11 is 0. The molecule has 10 nitrogen and oxygen atoms in total. The minimum atomic E-state index is -1.22. The number of esters is 1. The summed E-state index contributed by atoms with van der Waals surface area (Å²) in [5.74, 6) is -1.13. The zero-order valence-corrected chi connectivity index (χ0v) is 28.3. The Morgan fingerprint density at radius 3 is 2.25 bits per heavy atom. The molecule has 0 bridgehead atoms. The third-order valence-electron chi connectivity index (χ3n) is 7.84. The molecule has 0 saturated heterocycles. The van der Waals surface area contributed by atoms with Crippen molar-refractivity contribution in [2.24, 2.45) is 5.41 Å². The van der Waals surface area contributed by atoms with Crippen molar-refractivity contribution in [2.75, 3.05) is 20.2 Å². The van der Waals surface area contributed by atoms with E-state index in [0.717, 1.165) is 40.1 Å². The van der Waals surface area contributed by atoms with E-state index in [1.807, 2.05) is 66.7 Å². The van der Waals surface area contributed by atoms with Gasteiger partial charge in [0.1, 0.15) is 12.2 Å². The van der Waals surface area contributed by atoms with E-state index in [9.17, 15) is 19.2 Å². The molecule has 2 N–H and O–H groups in total. The Kier molecular flexibility index (Phi) is 12.1. The molecule has 0 spiro atoms. The van der Waals surface area contributed by atoms with Gasteiger partial charge in [-0.1, -0.05) is 72.8 Å². The Morgan fingerprint density at radius 2 is 1.60 bits per heavy atom. The number of nitrogens with zero attached hydrogens (tertiary/aromatic N) is 1. The zero-order valence-electron chi connectivity index (χ0n) is 28.3. The summed E-state index contributed by atoms with van der Waals surface area (Å²) in [6, 6.07) is 23.5. The largest absolute Gasteiger partial charge is 0.469 e. The lowest BCUT2D eigenvalue weighted by atomic mass is 9.82. The van der Waals surface area contributed by atoms with Crippen LogP contribution in [-0.2, 0) is 32.2 Å². The fourth-order valence-electron chi connectivity index (χ4n) is 5.44. The van der Waals surface area contributed by atoms with Crippen molar-refractivity contribution in [3.63, 3.8) is 0 Å². The van der Waals surface area contributed by atoms with Gasteiger partial charge in [-0.05, 0) is 87.5 Å². The Labute approximate surface area is 282 Å². The number of carbonyl (C=O) groups is 4. The van der Waals surface area contributed by atoms with Gasteiger partial charge in [0.05, 0.1) is 12.5 Å². The lowest BCUT2D eigenvalue weighted by molar-refractivity contribution is -0.153. The second-order valence-corrected chi connectivity index (χ2v) is 13.1. The molecule has 0 aromatic heterocycles. The normalized spacial score (nSPS) is 15.5. The van der Waals surface area contributed by atoms with E-state index in [1.165, 1.54) is 7.11 Å². The van der Waals surface area contributed by atoms with Gasteiger partial charge in [0.15, 0.2) is 0 Å². The molecule has 3 aromatic rings. The Balaban J connectivity index is 1.55. The molecule has 4 rings (SSSR count). The maximum Gasteiger partial charge on any atom is 0.417 e. The monoisotopic (exact) mass is 655 g/mol. The second-order valence-electron chi connectivity index (χ2n) is 13.1. The van der Waals surface area contributed by atoms with Crippen LogP contribution in [0.25, 0.3) is 11.1 Å². The molecule has 10 heteroatoms. The molecule has 0 radical (unpaired) electrons. The lowest BCUT2D eigenvalue weighted by Crippen LogP contribution is -2.50. The summed E-state index contributed by atoms with van der Waals surface area (Å²) in [5, 5.41) is 6.13. The van der Waals surface area contributed by atoms with Gasteiger partial charge in [0.25, 0.3) is 5.91 Å². The van der Waals surface area contributed by atoms with Crippen LogP contribution in [0.15, 0.2) is 91.0 Å². The number of nitrogens with one attached hydrogen (secondary N) is 2. The summed E-state index contributed by atoms with van der Waals surface area (Å²) in [5.41, 5.74) is 1.78. The molecule has 1 aliphatic heterocycles. The van der Waals surface area contributed by atoms with E-state index < -0.39 is 35.1 Å². The predicted molar refractivity (Wildman–Crippen MR) is 183 cm³/mol. The lowest BCUT2D eigenvalue weighted by Gasteiger charge is -2.34. The van der Waals surface area contributed by atoms with Gasteiger partial charge in [0.2, 0.25) is 0 Å². The number of hydrogen-bond acceptors (Lipinski definition) is 8. The first kappa shape index (κ1) is 35.9. The maximum atomic E-state index is 14.0. The molecule has 2 atom stereocenters. The fourth-order valence-corrected chi connectivity index (χ4v) is 5.44. The predicted octanol–water partition coefficient (Wildman–Crippen LogP) is 6.64. The second kappa shape index (κ2) is 16.2. The highest BCUT2D eigenvalue weighted by molar-refractivity contribution is 6.03. The number of carbonyl (C=O) groups excluding carboxylic acids is 4. The number of methoxy groups -OCH3 is 1. The van der Waals surface area contributed by atoms with Crippen molar-refractivity contribution < 1.29 is 33.4 Å². The van der Waals surface area contributed by atoms with Gasteiger partial charge in [-0.2, -0.15) is 0 Å². The standard InChI is InChI=1S/C38H45N3O7/c1-37(2,3)48-35(44)40-24-28-14-11-15-31(22-28)29-17-19-30(20-18-29)33(42)41(36(45)47-25-27-12-7-6-8-13-27)26-38(4,34(43)46-5)23-32-16-9-10-21-39-32/h6-9,11-20,22,32,39H,10,21,23-26H2,1-5H3,(H,40,44)/t32-,38+/m0/s1. The van der Waals surface area contributed by atoms with Crippen LogP contribution in [0.5, 0.6) is 0 Å². The molecule has 0 unspecified atom stereocenters. The van der Waals surface area contributed by atoms with Crippen molar-refractivity contribution >= 4 is 24.1 Å². The van der Waals surface area contributed by atoms with Crippen LogP contribution in [0.4, 0.5) is 9.59 Å². The third-order valence-corrected chi connectivity index (χ3v) is 7.84. The van der Waals surface area contributed by atoms with Gasteiger partial charge in [0, 0.05) is 24.7 Å². The Bertz CT molecular complexity index is 1600. The van der Waals surface area contributed by atoms with Crippen LogP contribution < -0.4 is 10.6 Å². The summed E-state index contributed by atoms with van der Waals surface area (Å²) in [7, 11) is 1.30. The van der Waals surface area contributed by atoms with E-state index in [-0.39, 0.29) is 31.3 Å². The SMILES string of the molecule is COC(=O)[C@](C)(C[C@@H]1C=CCCN1)CN(C(=O)OCc1ccccc1)C(=O)c1ccc(-c2cccc(CNC(=O)OC(C)(C)C)c2)cc1. The van der Waals surface area contributed by atoms with E-state index in [2.05, 4.69) is 10.6 Å². The highest BCUT2D eigenvalue weighted by atomic mass is 16.6. The summed E-state index contributed by atoms with van der Waals surface area (Å²) in [6.07, 6.45) is 3.86. The van der Waals surface area contributed by atoms with E-state index in [1.54, 1.807) is 52.0 Å². The molecule has 1 aliphatic rings. The highest BCUT2D eigenvalue weighted by Crippen LogP contribution is 2.30. The summed E-state index contributed by atoms with van der Waals surface area (Å²) in [6.45, 7) is 7.87. The number of rotatable bonds is 11. The van der Waals surface area contributed by atoms with Crippen molar-refractivity contribution in [1.29, 1.82) is 0 Å². The number of imide groups is 1. The first-order chi connectivity index (χ1) is 22.9. The minimum absolute atomic E-state index is 0.0383. The average Bonchev–Trinajstić information content (AvgIpc) is 3.08. The van der Waals surface area contributed by atoms with Crippen LogP contribution in [0, 0.1) is 5.41 Å². The summed E-state index contributed by atoms with van der Waals surface area (Å²) in [4.78, 5) is 53.9. The summed E-state index contributed by atoms with van der Waals surface area (Å²) < 4.78 is 16.1. The van der Waals surface area contributed by atoms with E-state index >= 15 is 0 Å². The molecule has 0 aliphatic carbocycles. The molecular weight excluding hydrogens is 610 g/mol. The highest BCUT2D eigenvalue weighted by Gasteiger charge is 2.42. The average molecular weight is 656 g/mol. The van der Waals surface area contributed by atoms with Crippen molar-refractivity contribution in [2.45, 2.75) is 65.3 Å². The third kappa shape index (κ3) is 10.3. The molecule has 48 heavy (non-hydrogen) atoms. The number of alkyl carbamates (subject to hydrolysis) is 1. The minimum Gasteiger partial charge on any atom is -0.469 e. The van der Waals surface area contributed by atoms with Crippen molar-refractivity contribution in [3.05, 3.63) is 108 Å². The molecule has 254 valence electrons. The van der Waals surface area contributed by atoms with Crippen LogP contribution in [0.3, 0.4) is 0 Å². The van der Waals surface area contributed by atoms with Gasteiger partial charge in [-0.15, -0.1) is 0 Å². The van der Waals surface area contributed by atoms with E-state index in [4.69, 9.17) is 14.2 Å². The van der Waals surface area contributed by atoms with Crippen molar-refractivity contribution in [3.8, 4) is 11.1 Å². The van der Waals surface area contributed by atoms with Crippen LogP contribution in [0.2, 0.25) is 0 Å². The molecule has 3 aromatic carbocycles. The van der Waals surface area contributed by atoms with Crippen molar-refractivity contribution in [1.82, 2.24) is 15.5 Å². The van der Waals surface area contributed by atoms with Gasteiger partial charge in [-0.25, -0.2) is 14.5 Å². The Hall–Kier alpha value is -4.96. The van der Waals surface area contributed by atoms with Crippen LogP contribution in [-0.4, -0.2) is 60.8 Å². The molecule has 1 heterocycles. The van der Waals surface area contributed by atoms with Gasteiger partial charge >= 0.3 is 18.2 Å². The number of hydrogen-bond donors (Lipinski definition) is 2. The molecule has 0 fully saturated rings. The van der Waals surface area contributed by atoms with Gasteiger partial charge in [-0.3, -0.25) is 9.59 Å². The fraction of sp³-hybridized carbons (Fsp3) is 0.368. The molecule has 3 amide bonds.